The van der Waals surface area contributed by atoms with Gasteiger partial charge in [0.1, 0.15) is 5.54 Å². The van der Waals surface area contributed by atoms with Crippen LogP contribution in [0.3, 0.4) is 0 Å². The van der Waals surface area contributed by atoms with Gasteiger partial charge < -0.3 is 10.2 Å². The molecule has 2 heterocycles. The molecular formula is C20H21F3N4O2S. The molecule has 6 nitrogen and oxygen atoms in total. The molecule has 0 bridgehead atoms. The number of anilines is 1. The van der Waals surface area contributed by atoms with Gasteiger partial charge in [-0.15, -0.1) is 0 Å². The predicted octanol–water partition coefficient (Wildman–Crippen LogP) is 3.81. The number of nitrogens with one attached hydrogen (secondary N) is 1. The van der Waals surface area contributed by atoms with Crippen molar-refractivity contribution in [2.75, 3.05) is 19.0 Å². The van der Waals surface area contributed by atoms with E-state index in [1.54, 1.807) is 19.3 Å². The van der Waals surface area contributed by atoms with E-state index in [0.717, 1.165) is 16.0 Å². The number of halogens is 3. The van der Waals surface area contributed by atoms with E-state index in [4.69, 9.17) is 0 Å². The van der Waals surface area contributed by atoms with Crippen LogP contribution in [0.2, 0.25) is 0 Å². The van der Waals surface area contributed by atoms with Crippen LogP contribution in [-0.4, -0.2) is 47.0 Å². The number of amides is 3. The van der Waals surface area contributed by atoms with Crippen LogP contribution in [0.1, 0.15) is 18.1 Å². The minimum Gasteiger partial charge on any atom is -0.323 e. The molecular weight excluding hydrogens is 417 g/mol. The van der Waals surface area contributed by atoms with Crippen LogP contribution in [-0.2, 0) is 17.8 Å². The number of benzene rings is 1. The minimum atomic E-state index is -4.41. The minimum absolute atomic E-state index is 0.0221. The Bertz CT molecular complexity index is 950. The normalized spacial score (nSPS) is 19.5. The molecule has 3 rings (SSSR count). The van der Waals surface area contributed by atoms with Gasteiger partial charge in [0.25, 0.3) is 5.91 Å². The first-order chi connectivity index (χ1) is 14.0. The fraction of sp³-hybridized carbons (Fsp3) is 0.350. The first-order valence-electron chi connectivity index (χ1n) is 9.07. The Labute approximate surface area is 176 Å². The summed E-state index contributed by atoms with van der Waals surface area (Å²) in [5, 5.41) is 2.73. The maximum atomic E-state index is 13.1. The molecule has 0 radical (unpaired) electrons. The number of imide groups is 1. The van der Waals surface area contributed by atoms with Gasteiger partial charge in [-0.1, -0.05) is 0 Å². The molecule has 1 aromatic heterocycles. The summed E-state index contributed by atoms with van der Waals surface area (Å²) >= 11 is -0.252. The molecule has 3 amide bonds. The SMILES string of the molecule is CN(C)Cc1cnccc1CC1(C)NC(=O)N(c2ccc(SC(F)(F)F)cc2)C1=O. The van der Waals surface area contributed by atoms with Crippen molar-refractivity contribution in [1.29, 1.82) is 0 Å². The number of rotatable bonds is 6. The average Bonchev–Trinajstić information content (AvgIpc) is 2.85. The van der Waals surface area contributed by atoms with Crippen molar-refractivity contribution in [2.24, 2.45) is 0 Å². The van der Waals surface area contributed by atoms with Crippen LogP contribution in [0.25, 0.3) is 0 Å². The number of hydrogen-bond acceptors (Lipinski definition) is 5. The van der Waals surface area contributed by atoms with E-state index in [1.807, 2.05) is 25.1 Å². The van der Waals surface area contributed by atoms with E-state index >= 15 is 0 Å². The number of carbonyl (C=O) groups excluding carboxylic acids is 2. The highest BCUT2D eigenvalue weighted by Crippen LogP contribution is 2.38. The highest BCUT2D eigenvalue weighted by Gasteiger charge is 2.48. The lowest BCUT2D eigenvalue weighted by Crippen LogP contribution is -2.46. The van der Waals surface area contributed by atoms with E-state index in [9.17, 15) is 22.8 Å². The van der Waals surface area contributed by atoms with E-state index in [-0.39, 0.29) is 28.8 Å². The Kier molecular flexibility index (Phi) is 6.09. The molecule has 1 N–H and O–H groups in total. The van der Waals surface area contributed by atoms with Crippen molar-refractivity contribution in [3.63, 3.8) is 0 Å². The summed E-state index contributed by atoms with van der Waals surface area (Å²) < 4.78 is 37.5. The van der Waals surface area contributed by atoms with Gasteiger partial charge in [0.15, 0.2) is 0 Å². The van der Waals surface area contributed by atoms with E-state index in [0.29, 0.717) is 6.54 Å². The Hall–Kier alpha value is -2.59. The molecule has 0 aliphatic carbocycles. The molecule has 1 aliphatic rings. The van der Waals surface area contributed by atoms with Crippen LogP contribution >= 0.6 is 11.8 Å². The zero-order valence-electron chi connectivity index (χ0n) is 16.7. The zero-order valence-corrected chi connectivity index (χ0v) is 17.5. The van der Waals surface area contributed by atoms with Gasteiger partial charge in [-0.3, -0.25) is 9.78 Å². The Morgan fingerprint density at radius 1 is 1.13 bits per heavy atom. The maximum Gasteiger partial charge on any atom is 0.446 e. The van der Waals surface area contributed by atoms with Gasteiger partial charge in [-0.25, -0.2) is 9.69 Å². The molecule has 1 atom stereocenters. The quantitative estimate of drug-likeness (QED) is 0.549. The maximum absolute atomic E-state index is 13.1. The van der Waals surface area contributed by atoms with Crippen molar-refractivity contribution in [2.45, 2.75) is 35.8 Å². The number of aromatic nitrogens is 1. The van der Waals surface area contributed by atoms with Crippen molar-refractivity contribution < 1.29 is 22.8 Å². The summed E-state index contributed by atoms with van der Waals surface area (Å²) in [4.78, 5) is 32.7. The van der Waals surface area contributed by atoms with E-state index < -0.39 is 23.0 Å². The Morgan fingerprint density at radius 3 is 2.40 bits per heavy atom. The summed E-state index contributed by atoms with van der Waals surface area (Å²) in [6.45, 7) is 2.27. The highest BCUT2D eigenvalue weighted by molar-refractivity contribution is 8.00. The topological polar surface area (TPSA) is 65.5 Å². The summed E-state index contributed by atoms with van der Waals surface area (Å²) in [6.07, 6.45) is 3.63. The second kappa shape index (κ2) is 8.27. The molecule has 1 unspecified atom stereocenters. The summed E-state index contributed by atoms with van der Waals surface area (Å²) in [5.41, 5.74) is -3.54. The van der Waals surface area contributed by atoms with Gasteiger partial charge >= 0.3 is 11.5 Å². The molecule has 0 spiro atoms. The molecule has 30 heavy (non-hydrogen) atoms. The zero-order chi connectivity index (χ0) is 22.1. The van der Waals surface area contributed by atoms with Gasteiger partial charge in [0.05, 0.1) is 5.69 Å². The number of nitrogens with zero attached hydrogens (tertiary/aromatic N) is 3. The van der Waals surface area contributed by atoms with Crippen LogP contribution in [0.15, 0.2) is 47.6 Å². The fourth-order valence-electron chi connectivity index (χ4n) is 3.33. The first-order valence-corrected chi connectivity index (χ1v) is 9.89. The first kappa shape index (κ1) is 22.1. The van der Waals surface area contributed by atoms with Gasteiger partial charge in [-0.05, 0) is 74.2 Å². The number of urea groups is 1. The van der Waals surface area contributed by atoms with Gasteiger partial charge in [0.2, 0.25) is 0 Å². The molecule has 1 saturated heterocycles. The van der Waals surface area contributed by atoms with E-state index in [2.05, 4.69) is 10.3 Å². The van der Waals surface area contributed by atoms with E-state index in [1.165, 1.54) is 24.3 Å². The second-order valence-corrected chi connectivity index (χ2v) is 8.64. The predicted molar refractivity (Wildman–Crippen MR) is 108 cm³/mol. The lowest BCUT2D eigenvalue weighted by atomic mass is 9.91. The number of alkyl halides is 3. The van der Waals surface area contributed by atoms with Crippen LogP contribution in [0, 0.1) is 0 Å². The van der Waals surface area contributed by atoms with Crippen LogP contribution < -0.4 is 10.2 Å². The number of hydrogen-bond donors (Lipinski definition) is 1. The standard InChI is InChI=1S/C20H21F3N4O2S/c1-19(10-13-8-9-24-11-14(13)12-26(2)3)17(28)27(18(29)25-19)15-4-6-16(7-5-15)30-20(21,22)23/h4-9,11H,10,12H2,1-3H3,(H,25,29). The largest absolute Gasteiger partial charge is 0.446 e. The summed E-state index contributed by atoms with van der Waals surface area (Å²) in [7, 11) is 3.84. The molecule has 1 aromatic carbocycles. The van der Waals surface area contributed by atoms with Crippen molar-refractivity contribution in [3.05, 3.63) is 53.9 Å². The molecule has 1 fully saturated rings. The highest BCUT2D eigenvalue weighted by atomic mass is 32.2. The fourth-order valence-corrected chi connectivity index (χ4v) is 3.87. The molecule has 1 aliphatic heterocycles. The van der Waals surface area contributed by atoms with Crippen molar-refractivity contribution >= 4 is 29.4 Å². The number of carbonyl (C=O) groups is 2. The average molecular weight is 438 g/mol. The molecule has 10 heteroatoms. The van der Waals surface area contributed by atoms with Crippen LogP contribution in [0.5, 0.6) is 0 Å². The Balaban J connectivity index is 1.82. The number of thioether (sulfide) groups is 1. The molecule has 0 saturated carbocycles. The number of pyridine rings is 1. The summed E-state index contributed by atoms with van der Waals surface area (Å²) in [5.74, 6) is -0.462. The monoisotopic (exact) mass is 438 g/mol. The van der Waals surface area contributed by atoms with Gasteiger partial charge in [-0.2, -0.15) is 13.2 Å². The lowest BCUT2D eigenvalue weighted by Gasteiger charge is -2.24. The van der Waals surface area contributed by atoms with Crippen molar-refractivity contribution in [1.82, 2.24) is 15.2 Å². The third kappa shape index (κ3) is 4.93. The van der Waals surface area contributed by atoms with Crippen molar-refractivity contribution in [3.8, 4) is 0 Å². The smallest absolute Gasteiger partial charge is 0.323 e. The lowest BCUT2D eigenvalue weighted by molar-refractivity contribution is -0.121. The van der Waals surface area contributed by atoms with Crippen LogP contribution in [0.4, 0.5) is 23.7 Å². The molecule has 2 aromatic rings. The third-order valence-corrected chi connectivity index (χ3v) is 5.36. The second-order valence-electron chi connectivity index (χ2n) is 7.50. The Morgan fingerprint density at radius 2 is 1.80 bits per heavy atom. The van der Waals surface area contributed by atoms with Gasteiger partial charge in [0, 0.05) is 30.3 Å². The third-order valence-electron chi connectivity index (χ3n) is 4.62. The molecule has 160 valence electrons. The summed E-state index contributed by atoms with van der Waals surface area (Å²) in [6, 6.07) is 6.35.